The van der Waals surface area contributed by atoms with Crippen LogP contribution in [0.25, 0.3) is 21.5 Å². The average molecular weight is 515 g/mol. The van der Waals surface area contributed by atoms with Gasteiger partial charge in [0.1, 0.15) is 23.0 Å². The van der Waals surface area contributed by atoms with E-state index in [1.165, 1.54) is 0 Å². The Morgan fingerprint density at radius 1 is 0.636 bits per heavy atom. The normalized spacial score (nSPS) is 10.5. The third kappa shape index (κ3) is 4.71. The number of fused-ring (bicyclic) bond motifs is 2. The third-order valence-electron chi connectivity index (χ3n) is 5.35. The number of benzene rings is 4. The zero-order valence-corrected chi connectivity index (χ0v) is 20.6. The summed E-state index contributed by atoms with van der Waals surface area (Å²) in [5.41, 5.74) is 1.43. The molecule has 2 N–H and O–H groups in total. The third-order valence-corrected chi connectivity index (χ3v) is 6.19. The Balaban J connectivity index is 0.000000186. The van der Waals surface area contributed by atoms with Crippen LogP contribution in [0.5, 0.6) is 23.0 Å². The van der Waals surface area contributed by atoms with E-state index in [2.05, 4.69) is 15.9 Å². The van der Waals surface area contributed by atoms with Crippen molar-refractivity contribution < 1.29 is 29.2 Å². The maximum Gasteiger partial charge on any atom is 0.141 e. The van der Waals surface area contributed by atoms with Gasteiger partial charge in [0.25, 0.3) is 0 Å². The highest BCUT2D eigenvalue weighted by molar-refractivity contribution is 9.10. The van der Waals surface area contributed by atoms with E-state index in [1.807, 2.05) is 48.5 Å². The summed E-state index contributed by atoms with van der Waals surface area (Å²) in [6.07, 6.45) is 0. The predicted octanol–water partition coefficient (Wildman–Crippen LogP) is 5.46. The first-order valence-corrected chi connectivity index (χ1v) is 11.0. The monoisotopic (exact) mass is 514 g/mol. The molecular weight excluding hydrogens is 488 g/mol. The van der Waals surface area contributed by atoms with E-state index < -0.39 is 0 Å². The molecule has 4 aromatic rings. The Morgan fingerprint density at radius 2 is 1.12 bits per heavy atom. The van der Waals surface area contributed by atoms with Crippen LogP contribution in [0.2, 0.25) is 0 Å². The van der Waals surface area contributed by atoms with E-state index in [1.54, 1.807) is 34.5 Å². The minimum atomic E-state index is -0.106. The Kier molecular flexibility index (Phi) is 8.38. The summed E-state index contributed by atoms with van der Waals surface area (Å²) < 4.78 is 22.1. The molecular formula is C26H27BrO6. The maximum atomic E-state index is 9.44. The van der Waals surface area contributed by atoms with Gasteiger partial charge in [-0.25, -0.2) is 0 Å². The molecule has 174 valence electrons. The Bertz CT molecular complexity index is 1250. The molecule has 0 saturated carbocycles. The number of ether oxygens (including phenoxy) is 4. The Morgan fingerprint density at radius 3 is 1.58 bits per heavy atom. The molecule has 0 spiro atoms. The van der Waals surface area contributed by atoms with Crippen molar-refractivity contribution in [2.24, 2.45) is 0 Å². The number of aliphatic hydroxyl groups is 2. The van der Waals surface area contributed by atoms with Gasteiger partial charge in [-0.1, -0.05) is 48.5 Å². The maximum absolute atomic E-state index is 9.44. The number of rotatable bonds is 6. The zero-order valence-electron chi connectivity index (χ0n) is 19.0. The van der Waals surface area contributed by atoms with E-state index in [0.29, 0.717) is 22.8 Å². The fraction of sp³-hybridized carbons (Fsp3) is 0.231. The summed E-state index contributed by atoms with van der Waals surface area (Å²) in [5, 5.41) is 22.6. The van der Waals surface area contributed by atoms with Crippen molar-refractivity contribution in [1.82, 2.24) is 0 Å². The molecule has 4 aromatic carbocycles. The van der Waals surface area contributed by atoms with Crippen LogP contribution in [0.3, 0.4) is 0 Å². The van der Waals surface area contributed by atoms with Crippen molar-refractivity contribution in [3.05, 3.63) is 70.2 Å². The van der Waals surface area contributed by atoms with Crippen LogP contribution in [0.1, 0.15) is 11.1 Å². The first kappa shape index (κ1) is 24.6. The van der Waals surface area contributed by atoms with Crippen LogP contribution >= 0.6 is 15.9 Å². The van der Waals surface area contributed by atoms with Gasteiger partial charge in [-0.3, -0.25) is 0 Å². The largest absolute Gasteiger partial charge is 0.496 e. The molecule has 0 bridgehead atoms. The van der Waals surface area contributed by atoms with Crippen LogP contribution in [-0.4, -0.2) is 38.7 Å². The van der Waals surface area contributed by atoms with Gasteiger partial charge in [-0.2, -0.15) is 0 Å². The van der Waals surface area contributed by atoms with Crippen molar-refractivity contribution in [3.8, 4) is 23.0 Å². The molecule has 0 fully saturated rings. The van der Waals surface area contributed by atoms with Crippen molar-refractivity contribution in [3.63, 3.8) is 0 Å². The van der Waals surface area contributed by atoms with Gasteiger partial charge < -0.3 is 29.2 Å². The quantitative estimate of drug-likeness (QED) is 0.355. The minimum Gasteiger partial charge on any atom is -0.496 e. The standard InChI is InChI=1S/C13H13BrO3.C13H14O3/c1-16-12-8-5-3-4-6-9(8)13(17-2)11(14)10(12)7-15;1-15-12-7-9(8-14)13(16-2)11-6-4-3-5-10(11)12/h3-6,15H,7H2,1-2H3;3-7,14H,8H2,1-2H3. The SMILES string of the molecule is COc1c(Br)c(CO)c(OC)c2ccccc12.COc1cc(CO)c(OC)c2ccccc12. The van der Waals surface area contributed by atoms with Gasteiger partial charge in [0, 0.05) is 32.7 Å². The first-order chi connectivity index (χ1) is 16.1. The summed E-state index contributed by atoms with van der Waals surface area (Å²) >= 11 is 3.45. The second-order valence-corrected chi connectivity index (χ2v) is 7.83. The topological polar surface area (TPSA) is 77.4 Å². The molecule has 0 aliphatic carbocycles. The van der Waals surface area contributed by atoms with Crippen LogP contribution in [0.15, 0.2) is 59.1 Å². The molecule has 0 saturated heterocycles. The molecule has 0 unspecified atom stereocenters. The van der Waals surface area contributed by atoms with Gasteiger partial charge >= 0.3 is 0 Å². The van der Waals surface area contributed by atoms with Crippen molar-refractivity contribution in [1.29, 1.82) is 0 Å². The van der Waals surface area contributed by atoms with Gasteiger partial charge in [0.2, 0.25) is 0 Å². The lowest BCUT2D eigenvalue weighted by Crippen LogP contribution is -1.98. The lowest BCUT2D eigenvalue weighted by Gasteiger charge is -2.16. The Hall–Kier alpha value is -3.00. The molecule has 0 atom stereocenters. The van der Waals surface area contributed by atoms with Gasteiger partial charge in [0.15, 0.2) is 0 Å². The van der Waals surface area contributed by atoms with Crippen molar-refractivity contribution >= 4 is 37.5 Å². The van der Waals surface area contributed by atoms with E-state index in [0.717, 1.165) is 37.3 Å². The molecule has 0 heterocycles. The summed E-state index contributed by atoms with van der Waals surface area (Å²) in [6, 6.07) is 17.4. The van der Waals surface area contributed by atoms with Crippen LogP contribution in [0.4, 0.5) is 0 Å². The highest BCUT2D eigenvalue weighted by Gasteiger charge is 2.18. The number of hydrogen-bond donors (Lipinski definition) is 2. The van der Waals surface area contributed by atoms with Gasteiger partial charge in [-0.05, 0) is 22.0 Å². The van der Waals surface area contributed by atoms with Crippen LogP contribution in [0, 0.1) is 0 Å². The number of methoxy groups -OCH3 is 4. The van der Waals surface area contributed by atoms with Crippen molar-refractivity contribution in [2.75, 3.05) is 28.4 Å². The molecule has 6 nitrogen and oxygen atoms in total. The first-order valence-electron chi connectivity index (χ1n) is 10.2. The molecule has 0 amide bonds. The average Bonchev–Trinajstić information content (AvgIpc) is 2.87. The summed E-state index contributed by atoms with van der Waals surface area (Å²) in [5.74, 6) is 2.85. The highest BCUT2D eigenvalue weighted by Crippen LogP contribution is 2.43. The lowest BCUT2D eigenvalue weighted by atomic mass is 10.0. The fourth-order valence-electron chi connectivity index (χ4n) is 3.87. The summed E-state index contributed by atoms with van der Waals surface area (Å²) in [4.78, 5) is 0. The second-order valence-electron chi connectivity index (χ2n) is 7.04. The molecule has 0 aliphatic rings. The predicted molar refractivity (Wildman–Crippen MR) is 134 cm³/mol. The van der Waals surface area contributed by atoms with Gasteiger partial charge in [-0.15, -0.1) is 0 Å². The smallest absolute Gasteiger partial charge is 0.141 e. The molecule has 0 aliphatic heterocycles. The number of halogens is 1. The summed E-state index contributed by atoms with van der Waals surface area (Å²) in [6.45, 7) is -0.171. The minimum absolute atomic E-state index is 0.0651. The molecule has 0 aromatic heterocycles. The van der Waals surface area contributed by atoms with E-state index in [4.69, 9.17) is 18.9 Å². The van der Waals surface area contributed by atoms with Crippen LogP contribution < -0.4 is 18.9 Å². The molecule has 33 heavy (non-hydrogen) atoms. The fourth-order valence-corrected chi connectivity index (χ4v) is 4.55. The van der Waals surface area contributed by atoms with Crippen LogP contribution in [-0.2, 0) is 13.2 Å². The zero-order chi connectivity index (χ0) is 24.0. The van der Waals surface area contributed by atoms with E-state index in [9.17, 15) is 10.2 Å². The lowest BCUT2D eigenvalue weighted by molar-refractivity contribution is 0.272. The Labute approximate surface area is 201 Å². The summed E-state index contributed by atoms with van der Waals surface area (Å²) in [7, 11) is 6.43. The van der Waals surface area contributed by atoms with Crippen molar-refractivity contribution in [2.45, 2.75) is 13.2 Å². The number of hydrogen-bond acceptors (Lipinski definition) is 6. The second kappa shape index (κ2) is 11.2. The molecule has 7 heteroatoms. The number of aliphatic hydroxyl groups excluding tert-OH is 2. The molecule has 4 rings (SSSR count). The highest BCUT2D eigenvalue weighted by atomic mass is 79.9. The van der Waals surface area contributed by atoms with Gasteiger partial charge in [0.05, 0.1) is 46.1 Å². The van der Waals surface area contributed by atoms with E-state index in [-0.39, 0.29) is 13.2 Å². The van der Waals surface area contributed by atoms with E-state index >= 15 is 0 Å². The molecule has 0 radical (unpaired) electrons.